The summed E-state index contributed by atoms with van der Waals surface area (Å²) in [5, 5.41) is -0.277. The van der Waals surface area contributed by atoms with Crippen molar-refractivity contribution in [2.75, 3.05) is 19.0 Å². The summed E-state index contributed by atoms with van der Waals surface area (Å²) in [6.07, 6.45) is 0.720. The van der Waals surface area contributed by atoms with Crippen LogP contribution in [0.4, 0.5) is 5.69 Å². The summed E-state index contributed by atoms with van der Waals surface area (Å²) >= 11 is 0. The third-order valence-electron chi connectivity index (χ3n) is 4.32. The maximum atomic E-state index is 12.7. The summed E-state index contributed by atoms with van der Waals surface area (Å²) in [5.41, 5.74) is 3.32. The fraction of sp³-hybridized carbons (Fsp3) is 0.333. The number of sulfone groups is 1. The largest absolute Gasteiger partial charge is 0.378 e. The molecule has 0 aromatic heterocycles. The molecule has 1 aliphatic rings. The number of aryl methyl sites for hydroxylation is 1. The van der Waals surface area contributed by atoms with Crippen molar-refractivity contribution >= 4 is 15.5 Å². The van der Waals surface area contributed by atoms with Crippen molar-refractivity contribution in [1.82, 2.24) is 0 Å². The predicted octanol–water partition coefficient (Wildman–Crippen LogP) is 3.39. The van der Waals surface area contributed by atoms with E-state index in [1.165, 1.54) is 0 Å². The van der Waals surface area contributed by atoms with Gasteiger partial charge >= 0.3 is 0 Å². The molecule has 0 N–H and O–H groups in total. The van der Waals surface area contributed by atoms with E-state index in [0.717, 1.165) is 23.2 Å². The van der Waals surface area contributed by atoms with Crippen LogP contribution in [0, 0.1) is 6.92 Å². The van der Waals surface area contributed by atoms with Crippen molar-refractivity contribution in [2.45, 2.75) is 29.4 Å². The molecule has 116 valence electrons. The minimum absolute atomic E-state index is 0.127. The van der Waals surface area contributed by atoms with E-state index in [9.17, 15) is 8.42 Å². The lowest BCUT2D eigenvalue weighted by Gasteiger charge is -2.12. The fourth-order valence-electron chi connectivity index (χ4n) is 2.79. The third-order valence-corrected chi connectivity index (χ3v) is 6.56. The van der Waals surface area contributed by atoms with Crippen LogP contribution in [0.15, 0.2) is 53.4 Å². The lowest BCUT2D eigenvalue weighted by Crippen LogP contribution is -2.10. The summed E-state index contributed by atoms with van der Waals surface area (Å²) in [5.74, 6) is 0.127. The van der Waals surface area contributed by atoms with E-state index in [1.54, 1.807) is 12.1 Å². The van der Waals surface area contributed by atoms with E-state index in [1.807, 2.05) is 62.3 Å². The second kappa shape index (κ2) is 5.43. The molecule has 2 aromatic carbocycles. The molecule has 3 rings (SSSR count). The Labute approximate surface area is 132 Å². The van der Waals surface area contributed by atoms with Gasteiger partial charge in [0.25, 0.3) is 0 Å². The van der Waals surface area contributed by atoms with Crippen LogP contribution in [0.1, 0.15) is 23.5 Å². The molecule has 0 heterocycles. The highest BCUT2D eigenvalue weighted by Gasteiger charge is 2.48. The molecule has 4 heteroatoms. The standard InChI is InChI=1S/C18H21NO2S/c1-13-4-10-16(11-5-13)22(20,21)18-12-17(18)14-6-8-15(9-7-14)19(2)3/h4-11,17-18H,12H2,1-3H3/t17-,18+/m0/s1. The smallest absolute Gasteiger partial charge is 0.181 e. The maximum Gasteiger partial charge on any atom is 0.181 e. The molecule has 0 saturated heterocycles. The molecule has 0 spiro atoms. The van der Waals surface area contributed by atoms with E-state index in [4.69, 9.17) is 0 Å². The van der Waals surface area contributed by atoms with Crippen molar-refractivity contribution in [1.29, 1.82) is 0 Å². The zero-order valence-corrected chi connectivity index (χ0v) is 14.0. The van der Waals surface area contributed by atoms with Gasteiger partial charge in [-0.3, -0.25) is 0 Å². The van der Waals surface area contributed by atoms with Crippen molar-refractivity contribution in [2.24, 2.45) is 0 Å². The molecule has 3 nitrogen and oxygen atoms in total. The van der Waals surface area contributed by atoms with E-state index < -0.39 is 9.84 Å². The van der Waals surface area contributed by atoms with Crippen LogP contribution < -0.4 is 4.90 Å². The minimum Gasteiger partial charge on any atom is -0.378 e. The lowest BCUT2D eigenvalue weighted by molar-refractivity contribution is 0.594. The Morgan fingerprint density at radius 2 is 1.55 bits per heavy atom. The normalized spacial score (nSPS) is 20.7. The molecule has 22 heavy (non-hydrogen) atoms. The van der Waals surface area contributed by atoms with Crippen molar-refractivity contribution < 1.29 is 8.42 Å². The quantitative estimate of drug-likeness (QED) is 0.868. The van der Waals surface area contributed by atoms with Gasteiger partial charge in [0.05, 0.1) is 10.1 Å². The summed E-state index contributed by atoms with van der Waals surface area (Å²) < 4.78 is 25.3. The Morgan fingerprint density at radius 3 is 2.09 bits per heavy atom. The topological polar surface area (TPSA) is 37.4 Å². The van der Waals surface area contributed by atoms with Crippen LogP contribution in [0.3, 0.4) is 0 Å². The Bertz CT molecular complexity index is 762. The van der Waals surface area contributed by atoms with E-state index in [0.29, 0.717) is 4.90 Å². The average Bonchev–Trinajstić information content (AvgIpc) is 3.29. The number of anilines is 1. The first-order valence-corrected chi connectivity index (χ1v) is 9.02. The van der Waals surface area contributed by atoms with Crippen LogP contribution in [-0.2, 0) is 9.84 Å². The Kier molecular flexibility index (Phi) is 3.73. The van der Waals surface area contributed by atoms with Gasteiger partial charge in [-0.05, 0) is 43.2 Å². The zero-order valence-electron chi connectivity index (χ0n) is 13.2. The zero-order chi connectivity index (χ0) is 15.9. The maximum absolute atomic E-state index is 12.7. The van der Waals surface area contributed by atoms with Gasteiger partial charge in [0.15, 0.2) is 9.84 Å². The first-order valence-electron chi connectivity index (χ1n) is 7.47. The average molecular weight is 315 g/mol. The lowest BCUT2D eigenvalue weighted by atomic mass is 10.1. The van der Waals surface area contributed by atoms with Crippen LogP contribution in [-0.4, -0.2) is 27.8 Å². The van der Waals surface area contributed by atoms with Crippen LogP contribution >= 0.6 is 0 Å². The third kappa shape index (κ3) is 2.75. The van der Waals surface area contributed by atoms with Crippen LogP contribution in [0.2, 0.25) is 0 Å². The summed E-state index contributed by atoms with van der Waals surface area (Å²) in [4.78, 5) is 2.48. The van der Waals surface area contributed by atoms with Gasteiger partial charge in [0.2, 0.25) is 0 Å². The Morgan fingerprint density at radius 1 is 0.955 bits per heavy atom. The van der Waals surface area contributed by atoms with Crippen molar-refractivity contribution in [3.8, 4) is 0 Å². The van der Waals surface area contributed by atoms with E-state index in [2.05, 4.69) is 0 Å². The molecule has 0 radical (unpaired) electrons. The molecule has 2 aromatic rings. The van der Waals surface area contributed by atoms with Gasteiger partial charge < -0.3 is 4.90 Å². The fourth-order valence-corrected chi connectivity index (χ4v) is 4.70. The van der Waals surface area contributed by atoms with Gasteiger partial charge in [-0.2, -0.15) is 0 Å². The molecule has 1 fully saturated rings. The van der Waals surface area contributed by atoms with Crippen molar-refractivity contribution in [3.05, 3.63) is 59.7 Å². The minimum atomic E-state index is -3.22. The van der Waals surface area contributed by atoms with E-state index >= 15 is 0 Å². The number of nitrogens with zero attached hydrogens (tertiary/aromatic N) is 1. The molecule has 0 amide bonds. The molecule has 1 saturated carbocycles. The Balaban J connectivity index is 1.80. The highest BCUT2D eigenvalue weighted by Crippen LogP contribution is 2.48. The molecule has 0 aliphatic heterocycles. The van der Waals surface area contributed by atoms with Crippen molar-refractivity contribution in [3.63, 3.8) is 0 Å². The number of hydrogen-bond donors (Lipinski definition) is 0. The number of rotatable bonds is 4. The summed E-state index contributed by atoms with van der Waals surface area (Å²) in [6, 6.07) is 15.3. The summed E-state index contributed by atoms with van der Waals surface area (Å²) in [6.45, 7) is 1.96. The van der Waals surface area contributed by atoms with Gasteiger partial charge in [-0.15, -0.1) is 0 Å². The summed E-state index contributed by atoms with van der Waals surface area (Å²) in [7, 11) is 0.777. The number of benzene rings is 2. The molecule has 0 bridgehead atoms. The number of hydrogen-bond acceptors (Lipinski definition) is 3. The molecular formula is C18H21NO2S. The first kappa shape index (κ1) is 15.1. The highest BCUT2D eigenvalue weighted by atomic mass is 32.2. The molecule has 2 atom stereocenters. The van der Waals surface area contributed by atoms with Gasteiger partial charge in [0, 0.05) is 25.7 Å². The Hall–Kier alpha value is -1.81. The first-order chi connectivity index (χ1) is 10.4. The second-order valence-electron chi connectivity index (χ2n) is 6.22. The molecular weight excluding hydrogens is 294 g/mol. The highest BCUT2D eigenvalue weighted by molar-refractivity contribution is 7.92. The molecule has 0 unspecified atom stereocenters. The monoisotopic (exact) mass is 315 g/mol. The SMILES string of the molecule is Cc1ccc(S(=O)(=O)[C@@H]2C[C@H]2c2ccc(N(C)C)cc2)cc1. The van der Waals surface area contributed by atoms with Gasteiger partial charge in [0.1, 0.15) is 0 Å². The van der Waals surface area contributed by atoms with Gasteiger partial charge in [-0.1, -0.05) is 29.8 Å². The van der Waals surface area contributed by atoms with Crippen LogP contribution in [0.5, 0.6) is 0 Å². The van der Waals surface area contributed by atoms with E-state index in [-0.39, 0.29) is 11.2 Å². The second-order valence-corrected chi connectivity index (χ2v) is 8.39. The van der Waals surface area contributed by atoms with Gasteiger partial charge in [-0.25, -0.2) is 8.42 Å². The predicted molar refractivity (Wildman–Crippen MR) is 90.3 cm³/mol. The van der Waals surface area contributed by atoms with Crippen LogP contribution in [0.25, 0.3) is 0 Å². The molecule has 1 aliphatic carbocycles.